The molecule has 3 aliphatic carbocycles. The molecule has 4 aliphatic rings. The molecule has 1 heterocycles. The Balaban J connectivity index is 1.63. The average molecular weight is 455 g/mol. The highest BCUT2D eigenvalue weighted by molar-refractivity contribution is 7.89. The summed E-state index contributed by atoms with van der Waals surface area (Å²) >= 11 is 0. The van der Waals surface area contributed by atoms with E-state index in [-0.39, 0.29) is 34.3 Å². The van der Waals surface area contributed by atoms with Crippen molar-refractivity contribution in [2.24, 2.45) is 23.7 Å². The summed E-state index contributed by atoms with van der Waals surface area (Å²) in [6.45, 7) is 5.29. The first-order valence-corrected chi connectivity index (χ1v) is 12.4. The smallest absolute Gasteiger partial charge is 0.241 e. The molecule has 1 N–H and O–H groups in total. The number of carbonyl (C=O) groups is 3. The lowest BCUT2D eigenvalue weighted by Crippen LogP contribution is -2.46. The van der Waals surface area contributed by atoms with E-state index in [1.165, 1.54) is 11.0 Å². The van der Waals surface area contributed by atoms with Crippen LogP contribution >= 0.6 is 0 Å². The molecule has 0 radical (unpaired) electrons. The van der Waals surface area contributed by atoms with E-state index >= 15 is 0 Å². The molecule has 168 valence electrons. The van der Waals surface area contributed by atoms with Crippen molar-refractivity contribution in [2.45, 2.75) is 50.5 Å². The van der Waals surface area contributed by atoms with Crippen molar-refractivity contribution in [3.05, 3.63) is 36.4 Å². The zero-order chi connectivity index (χ0) is 23.0. The zero-order valence-corrected chi connectivity index (χ0v) is 19.1. The summed E-state index contributed by atoms with van der Waals surface area (Å²) in [6, 6.07) is 9.88. The summed E-state index contributed by atoms with van der Waals surface area (Å²) < 4.78 is 28.8. The number of ketones is 1. The van der Waals surface area contributed by atoms with Gasteiger partial charge < -0.3 is 0 Å². The van der Waals surface area contributed by atoms with Gasteiger partial charge in [-0.3, -0.25) is 14.4 Å². The summed E-state index contributed by atoms with van der Waals surface area (Å²) in [6.07, 6.45) is 1.82. The number of nitrogens with zero attached hydrogens (tertiary/aromatic N) is 1. The van der Waals surface area contributed by atoms with Gasteiger partial charge in [0, 0.05) is 28.7 Å². The molecular formula is C24H26N2O5S. The van der Waals surface area contributed by atoms with Gasteiger partial charge in [0.25, 0.3) is 0 Å². The molecule has 7 nitrogen and oxygen atoms in total. The average Bonchev–Trinajstić information content (AvgIpc) is 2.98. The van der Waals surface area contributed by atoms with Gasteiger partial charge in [0.2, 0.25) is 21.8 Å². The van der Waals surface area contributed by atoms with Gasteiger partial charge in [-0.25, -0.2) is 18.0 Å². The quantitative estimate of drug-likeness (QED) is 0.719. The molecule has 2 aromatic rings. The third kappa shape index (κ3) is 3.11. The van der Waals surface area contributed by atoms with E-state index in [4.69, 9.17) is 0 Å². The van der Waals surface area contributed by atoms with Crippen molar-refractivity contribution in [1.82, 2.24) is 4.72 Å². The maximum atomic E-state index is 13.4. The van der Waals surface area contributed by atoms with E-state index in [1.807, 2.05) is 0 Å². The van der Waals surface area contributed by atoms with Crippen LogP contribution in [0.3, 0.4) is 0 Å². The number of imide groups is 1. The fourth-order valence-corrected chi connectivity index (χ4v) is 7.41. The van der Waals surface area contributed by atoms with Crippen LogP contribution in [0.25, 0.3) is 10.8 Å². The summed E-state index contributed by atoms with van der Waals surface area (Å²) in [5.41, 5.74) is -0.285. The molecule has 1 saturated heterocycles. The number of benzene rings is 2. The molecule has 8 heteroatoms. The van der Waals surface area contributed by atoms with Gasteiger partial charge in [-0.1, -0.05) is 24.3 Å². The molecule has 2 amide bonds. The summed E-state index contributed by atoms with van der Waals surface area (Å²) in [5.74, 6) is -2.03. The Kier molecular flexibility index (Phi) is 4.63. The number of rotatable bonds is 3. The number of nitrogens with one attached hydrogen (secondary N) is 1. The second-order valence-electron chi connectivity index (χ2n) is 10.2. The minimum Gasteiger partial charge on any atom is -0.299 e. The lowest BCUT2D eigenvalue weighted by molar-refractivity contribution is -0.143. The van der Waals surface area contributed by atoms with Crippen LogP contribution in [-0.4, -0.2) is 31.6 Å². The van der Waals surface area contributed by atoms with E-state index < -0.39 is 27.4 Å². The number of carbonyl (C=O) groups excluding carboxylic acids is 3. The number of amides is 2. The third-order valence-electron chi connectivity index (χ3n) is 6.89. The molecule has 0 aromatic heterocycles. The lowest BCUT2D eigenvalue weighted by Gasteiger charge is -2.41. The van der Waals surface area contributed by atoms with Gasteiger partial charge in [-0.15, -0.1) is 0 Å². The second kappa shape index (κ2) is 6.96. The molecule has 6 rings (SSSR count). The van der Waals surface area contributed by atoms with Crippen LogP contribution in [0.4, 0.5) is 5.69 Å². The predicted molar refractivity (Wildman–Crippen MR) is 119 cm³/mol. The summed E-state index contributed by atoms with van der Waals surface area (Å²) in [4.78, 5) is 40.6. The lowest BCUT2D eigenvalue weighted by atomic mass is 9.59. The van der Waals surface area contributed by atoms with Crippen molar-refractivity contribution < 1.29 is 22.8 Å². The predicted octanol–water partition coefficient (Wildman–Crippen LogP) is 3.02. The number of Topliss-reactive ketones (excluding diaryl/α,β-unsaturated/α-hetero) is 1. The largest absolute Gasteiger partial charge is 0.299 e. The van der Waals surface area contributed by atoms with E-state index in [9.17, 15) is 22.8 Å². The standard InChI is InChI=1S/C24H26N2O5S/c1-24(2,3)25-32(30,31)19-9-5-6-14-15(19)7-4-8-17(14)26-22(28)20-13-10-11-16(18(27)12-13)21(20)23(26)29/h4-9,13,16,20-21,25H,10-12H2,1-3H3. The van der Waals surface area contributed by atoms with Gasteiger partial charge in [0.15, 0.2) is 0 Å². The first kappa shape index (κ1) is 21.3. The normalized spacial score (nSPS) is 28.0. The Morgan fingerprint density at radius 3 is 2.25 bits per heavy atom. The van der Waals surface area contributed by atoms with Crippen molar-refractivity contribution in [2.75, 3.05) is 4.90 Å². The molecule has 1 aliphatic heterocycles. The van der Waals surface area contributed by atoms with E-state index in [0.29, 0.717) is 29.3 Å². The molecule has 4 atom stereocenters. The molecule has 2 bridgehead atoms. The van der Waals surface area contributed by atoms with Crippen LogP contribution in [0.2, 0.25) is 0 Å². The zero-order valence-electron chi connectivity index (χ0n) is 18.3. The molecule has 4 fully saturated rings. The first-order chi connectivity index (χ1) is 15.0. The Morgan fingerprint density at radius 1 is 0.906 bits per heavy atom. The van der Waals surface area contributed by atoms with Crippen LogP contribution in [0.5, 0.6) is 0 Å². The van der Waals surface area contributed by atoms with Crippen LogP contribution in [-0.2, 0) is 24.4 Å². The molecular weight excluding hydrogens is 428 g/mol. The van der Waals surface area contributed by atoms with Gasteiger partial charge in [-0.2, -0.15) is 0 Å². The first-order valence-electron chi connectivity index (χ1n) is 11.0. The highest BCUT2D eigenvalue weighted by atomic mass is 32.2. The van der Waals surface area contributed by atoms with Crippen molar-refractivity contribution in [3.8, 4) is 0 Å². The van der Waals surface area contributed by atoms with Crippen LogP contribution in [0.15, 0.2) is 41.3 Å². The van der Waals surface area contributed by atoms with Gasteiger partial charge >= 0.3 is 0 Å². The number of hydrogen-bond acceptors (Lipinski definition) is 5. The Labute approximate surface area is 187 Å². The Bertz CT molecular complexity index is 1280. The molecule has 2 aromatic carbocycles. The fourth-order valence-electron chi connectivity index (χ4n) is 5.77. The minimum absolute atomic E-state index is 0.0825. The Hall–Kier alpha value is -2.58. The number of anilines is 1. The van der Waals surface area contributed by atoms with Crippen LogP contribution in [0.1, 0.15) is 40.0 Å². The van der Waals surface area contributed by atoms with E-state index in [2.05, 4.69) is 4.72 Å². The summed E-state index contributed by atoms with van der Waals surface area (Å²) in [5, 5.41) is 0.958. The van der Waals surface area contributed by atoms with Gasteiger partial charge in [0.1, 0.15) is 5.78 Å². The SMILES string of the molecule is CC(C)(C)NS(=O)(=O)c1cccc2c(N3C(=O)C4C5CCC(C(=O)C5)C4C3=O)cccc12. The molecule has 3 saturated carbocycles. The number of hydrogen-bond donors (Lipinski definition) is 1. The fraction of sp³-hybridized carbons (Fsp3) is 0.458. The monoisotopic (exact) mass is 454 g/mol. The van der Waals surface area contributed by atoms with Crippen LogP contribution < -0.4 is 9.62 Å². The van der Waals surface area contributed by atoms with E-state index in [1.54, 1.807) is 51.1 Å². The number of sulfonamides is 1. The van der Waals surface area contributed by atoms with Gasteiger partial charge in [0.05, 0.1) is 22.4 Å². The van der Waals surface area contributed by atoms with E-state index in [0.717, 1.165) is 6.42 Å². The number of fused-ring (bicyclic) bond motifs is 3. The highest BCUT2D eigenvalue weighted by Crippen LogP contribution is 2.52. The Morgan fingerprint density at radius 2 is 1.56 bits per heavy atom. The third-order valence-corrected chi connectivity index (χ3v) is 8.71. The topological polar surface area (TPSA) is 101 Å². The van der Waals surface area contributed by atoms with Crippen molar-refractivity contribution >= 4 is 44.1 Å². The second-order valence-corrected chi connectivity index (χ2v) is 11.8. The minimum atomic E-state index is -3.83. The molecule has 4 unspecified atom stereocenters. The highest BCUT2D eigenvalue weighted by Gasteiger charge is 2.61. The van der Waals surface area contributed by atoms with Crippen LogP contribution in [0, 0.1) is 23.7 Å². The van der Waals surface area contributed by atoms with Crippen molar-refractivity contribution in [1.29, 1.82) is 0 Å². The van der Waals surface area contributed by atoms with Gasteiger partial charge in [-0.05, 0) is 51.7 Å². The van der Waals surface area contributed by atoms with Crippen molar-refractivity contribution in [3.63, 3.8) is 0 Å². The molecule has 0 spiro atoms. The summed E-state index contributed by atoms with van der Waals surface area (Å²) in [7, 11) is -3.83. The molecule has 32 heavy (non-hydrogen) atoms. The maximum absolute atomic E-state index is 13.4. The maximum Gasteiger partial charge on any atom is 0.241 e.